The number of hydrogen-bond donors (Lipinski definition) is 0. The van der Waals surface area contributed by atoms with Crippen LogP contribution >= 0.6 is 8.19 Å². The van der Waals surface area contributed by atoms with E-state index in [1.165, 1.54) is 38.9 Å². The highest BCUT2D eigenvalue weighted by atomic mass is 31.0. The Morgan fingerprint density at radius 1 is 0.850 bits per heavy atom. The summed E-state index contributed by atoms with van der Waals surface area (Å²) in [4.78, 5) is 0. The zero-order valence-corrected chi connectivity index (χ0v) is 12.8. The molecule has 0 N–H and O–H groups in total. The molecule has 1 aliphatic carbocycles. The summed E-state index contributed by atoms with van der Waals surface area (Å²) in [5, 5.41) is 1.55. The predicted molar refractivity (Wildman–Crippen MR) is 89.1 cm³/mol. The molecule has 0 radical (unpaired) electrons. The zero-order chi connectivity index (χ0) is 13.7. The standard InChI is InChI=1S/C19H17P/c1-12-11-20-19(13(12)2)17-9-5-8-16-15-7-4-3-6-14(15)10-18(16)17/h3-9,11,20H,10H2,1-2H3. The van der Waals surface area contributed by atoms with Gasteiger partial charge >= 0.3 is 0 Å². The van der Waals surface area contributed by atoms with Gasteiger partial charge in [-0.1, -0.05) is 42.5 Å². The van der Waals surface area contributed by atoms with Crippen LogP contribution in [0.2, 0.25) is 0 Å². The summed E-state index contributed by atoms with van der Waals surface area (Å²) >= 11 is 0. The van der Waals surface area contributed by atoms with Gasteiger partial charge in [-0.3, -0.25) is 0 Å². The smallest absolute Gasteiger partial charge is 0.00167 e. The maximum atomic E-state index is 2.38. The first-order valence-electron chi connectivity index (χ1n) is 7.11. The van der Waals surface area contributed by atoms with Gasteiger partial charge in [0.05, 0.1) is 0 Å². The molecular weight excluding hydrogens is 259 g/mol. The summed E-state index contributed by atoms with van der Waals surface area (Å²) in [5.74, 6) is 2.38. The van der Waals surface area contributed by atoms with E-state index in [4.69, 9.17) is 0 Å². The molecule has 0 spiro atoms. The molecule has 0 aliphatic heterocycles. The molecule has 3 aromatic rings. The summed E-state index contributed by atoms with van der Waals surface area (Å²) in [6.07, 6.45) is 1.09. The highest BCUT2D eigenvalue weighted by Gasteiger charge is 2.21. The van der Waals surface area contributed by atoms with Crippen LogP contribution in [-0.2, 0) is 6.42 Å². The Bertz CT molecular complexity index is 808. The minimum absolute atomic E-state index is 0.826. The van der Waals surface area contributed by atoms with Crippen molar-refractivity contribution in [2.75, 3.05) is 0 Å². The van der Waals surface area contributed by atoms with Crippen molar-refractivity contribution >= 4 is 8.19 Å². The number of aryl methyl sites for hydroxylation is 1. The molecule has 1 aliphatic rings. The van der Waals surface area contributed by atoms with Crippen LogP contribution in [-0.4, -0.2) is 0 Å². The van der Waals surface area contributed by atoms with Crippen LogP contribution in [0.25, 0.3) is 22.0 Å². The topological polar surface area (TPSA) is 0 Å². The first-order valence-corrected chi connectivity index (χ1v) is 8.18. The maximum absolute atomic E-state index is 2.38. The monoisotopic (exact) mass is 276 g/mol. The van der Waals surface area contributed by atoms with Crippen molar-refractivity contribution in [1.82, 2.24) is 0 Å². The van der Waals surface area contributed by atoms with Crippen molar-refractivity contribution in [2.45, 2.75) is 20.3 Å². The van der Waals surface area contributed by atoms with Gasteiger partial charge in [0.25, 0.3) is 0 Å². The Morgan fingerprint density at radius 3 is 2.40 bits per heavy atom. The van der Waals surface area contributed by atoms with Crippen molar-refractivity contribution in [3.05, 3.63) is 70.5 Å². The number of benzene rings is 2. The normalized spacial score (nSPS) is 12.7. The Balaban J connectivity index is 1.96. The van der Waals surface area contributed by atoms with E-state index in [2.05, 4.69) is 62.1 Å². The van der Waals surface area contributed by atoms with E-state index in [1.807, 2.05) is 0 Å². The Hall–Kier alpha value is -1.78. The van der Waals surface area contributed by atoms with Crippen molar-refractivity contribution in [3.8, 4) is 22.0 Å². The second-order valence-corrected chi connectivity index (χ2v) is 6.71. The Kier molecular flexibility index (Phi) is 2.62. The van der Waals surface area contributed by atoms with Crippen LogP contribution in [0.3, 0.4) is 0 Å². The molecule has 0 fully saturated rings. The zero-order valence-electron chi connectivity index (χ0n) is 11.8. The van der Waals surface area contributed by atoms with E-state index in [1.54, 1.807) is 5.30 Å². The van der Waals surface area contributed by atoms with E-state index in [0.29, 0.717) is 0 Å². The second kappa shape index (κ2) is 4.36. The largest absolute Gasteiger partial charge is 0.131 e. The molecule has 20 heavy (non-hydrogen) atoms. The number of fused-ring (bicyclic) bond motifs is 3. The van der Waals surface area contributed by atoms with Crippen LogP contribution in [0.5, 0.6) is 0 Å². The molecule has 98 valence electrons. The van der Waals surface area contributed by atoms with Crippen molar-refractivity contribution in [3.63, 3.8) is 0 Å². The number of hydrogen-bond acceptors (Lipinski definition) is 0. The quantitative estimate of drug-likeness (QED) is 0.426. The van der Waals surface area contributed by atoms with Gasteiger partial charge in [-0.15, -0.1) is 8.19 Å². The third-order valence-electron chi connectivity index (χ3n) is 4.52. The van der Waals surface area contributed by atoms with Crippen molar-refractivity contribution in [2.24, 2.45) is 0 Å². The lowest BCUT2D eigenvalue weighted by Crippen LogP contribution is -1.87. The second-order valence-electron chi connectivity index (χ2n) is 5.64. The molecule has 2 aromatic carbocycles. The molecule has 0 bridgehead atoms. The van der Waals surface area contributed by atoms with E-state index in [9.17, 15) is 0 Å². The lowest BCUT2D eigenvalue weighted by Gasteiger charge is -2.09. The highest BCUT2D eigenvalue weighted by Crippen LogP contribution is 2.45. The van der Waals surface area contributed by atoms with E-state index in [0.717, 1.165) is 14.6 Å². The van der Waals surface area contributed by atoms with Crippen LogP contribution in [0.15, 0.2) is 48.3 Å². The minimum atomic E-state index is 0.826. The summed E-state index contributed by atoms with van der Waals surface area (Å²) in [5.41, 5.74) is 10.3. The van der Waals surface area contributed by atoms with Gasteiger partial charge in [-0.25, -0.2) is 0 Å². The lowest BCUT2D eigenvalue weighted by atomic mass is 9.98. The fraction of sp³-hybridized carbons (Fsp3) is 0.158. The molecular formula is C19H17P. The van der Waals surface area contributed by atoms with Gasteiger partial charge in [0.2, 0.25) is 0 Å². The fourth-order valence-electron chi connectivity index (χ4n) is 3.27. The van der Waals surface area contributed by atoms with E-state index in [-0.39, 0.29) is 0 Å². The lowest BCUT2D eigenvalue weighted by molar-refractivity contribution is 1.26. The van der Waals surface area contributed by atoms with Gasteiger partial charge in [0.1, 0.15) is 0 Å². The molecule has 4 rings (SSSR count). The predicted octanol–water partition coefficient (Wildman–Crippen LogP) is 5.57. The Labute approximate surface area is 121 Å². The average Bonchev–Trinajstić information content (AvgIpc) is 3.01. The first kappa shape index (κ1) is 12.0. The van der Waals surface area contributed by atoms with Gasteiger partial charge < -0.3 is 0 Å². The van der Waals surface area contributed by atoms with E-state index < -0.39 is 0 Å². The molecule has 1 heterocycles. The summed E-state index contributed by atoms with van der Waals surface area (Å²) < 4.78 is 0. The molecule has 0 saturated heterocycles. The van der Waals surface area contributed by atoms with Gasteiger partial charge in [0.15, 0.2) is 0 Å². The van der Waals surface area contributed by atoms with E-state index >= 15 is 0 Å². The van der Waals surface area contributed by atoms with Crippen molar-refractivity contribution in [1.29, 1.82) is 0 Å². The average molecular weight is 276 g/mol. The molecule has 0 nitrogen and oxygen atoms in total. The van der Waals surface area contributed by atoms with Crippen LogP contribution in [0.1, 0.15) is 22.3 Å². The minimum Gasteiger partial charge on any atom is -0.131 e. The van der Waals surface area contributed by atoms with Gasteiger partial charge in [0, 0.05) is 5.30 Å². The fourth-order valence-corrected chi connectivity index (χ4v) is 4.65. The maximum Gasteiger partial charge on any atom is 0.00167 e. The summed E-state index contributed by atoms with van der Waals surface area (Å²) in [6.45, 7) is 4.50. The van der Waals surface area contributed by atoms with Crippen LogP contribution in [0, 0.1) is 13.8 Å². The molecule has 1 heteroatoms. The summed E-state index contributed by atoms with van der Waals surface area (Å²) in [6, 6.07) is 15.6. The van der Waals surface area contributed by atoms with Crippen LogP contribution in [0.4, 0.5) is 0 Å². The Morgan fingerprint density at radius 2 is 1.60 bits per heavy atom. The first-order chi connectivity index (χ1) is 9.75. The molecule has 1 aromatic heterocycles. The summed E-state index contributed by atoms with van der Waals surface area (Å²) in [7, 11) is 0.826. The van der Waals surface area contributed by atoms with Gasteiger partial charge in [-0.05, 0) is 65.0 Å². The third kappa shape index (κ3) is 1.62. The van der Waals surface area contributed by atoms with Crippen LogP contribution < -0.4 is 0 Å². The molecule has 0 amide bonds. The molecule has 1 unspecified atom stereocenters. The molecule has 0 saturated carbocycles. The third-order valence-corrected chi connectivity index (χ3v) is 6.03. The highest BCUT2D eigenvalue weighted by molar-refractivity contribution is 7.33. The SMILES string of the molecule is Cc1c[pH]c(-c2cccc3c2Cc2ccccc2-3)c1C. The van der Waals surface area contributed by atoms with Gasteiger partial charge in [-0.2, -0.15) is 0 Å². The number of rotatable bonds is 1. The van der Waals surface area contributed by atoms with Crippen molar-refractivity contribution < 1.29 is 0 Å². The molecule has 1 atom stereocenters.